The van der Waals surface area contributed by atoms with Crippen LogP contribution < -0.4 is 0 Å². The van der Waals surface area contributed by atoms with Gasteiger partial charge < -0.3 is 43.4 Å². The van der Waals surface area contributed by atoms with Crippen molar-refractivity contribution in [2.24, 2.45) is 0 Å². The second-order valence-electron chi connectivity index (χ2n) is 37.1. The number of carboxylic acid groups (broad SMARTS) is 2. The van der Waals surface area contributed by atoms with Crippen molar-refractivity contribution in [3.8, 4) is 44.5 Å². The van der Waals surface area contributed by atoms with Crippen molar-refractivity contribution in [1.82, 2.24) is 0 Å². The van der Waals surface area contributed by atoms with Gasteiger partial charge in [0.1, 0.15) is 39.1 Å². The zero-order valence-electron chi connectivity index (χ0n) is 86.4. The predicted octanol–water partition coefficient (Wildman–Crippen LogP) is 35.9. The third kappa shape index (κ3) is 40.8. The van der Waals surface area contributed by atoms with Gasteiger partial charge in [-0.25, -0.2) is 37.1 Å². The first kappa shape index (κ1) is 128. The van der Waals surface area contributed by atoms with Crippen LogP contribution in [-0.4, -0.2) is 95.9 Å². The predicted molar refractivity (Wildman–Crippen MR) is 616 cm³/mol. The quantitative estimate of drug-likeness (QED) is 0.0111. The second-order valence-corrected chi connectivity index (χ2v) is 46.8. The molecule has 2 aliphatic heterocycles. The van der Waals surface area contributed by atoms with Crippen molar-refractivity contribution in [3.05, 3.63) is 371 Å². The first-order chi connectivity index (χ1) is 71.1. The molecule has 796 valence electrons. The fourth-order valence-electron chi connectivity index (χ4n) is 15.1. The van der Waals surface area contributed by atoms with Crippen LogP contribution in [0.3, 0.4) is 0 Å². The van der Waals surface area contributed by atoms with Gasteiger partial charge in [-0.15, -0.1) is 62.8 Å². The van der Waals surface area contributed by atoms with E-state index in [1.54, 1.807) is 149 Å². The van der Waals surface area contributed by atoms with Crippen LogP contribution >= 0.6 is 129 Å². The van der Waals surface area contributed by atoms with E-state index >= 15 is 4.39 Å². The second kappa shape index (κ2) is 64.1. The maximum atomic E-state index is 15.3. The molecule has 16 nitrogen and oxygen atoms in total. The molecule has 6 aromatic heterocycles. The van der Waals surface area contributed by atoms with Crippen LogP contribution in [0.1, 0.15) is 302 Å². The molecule has 0 spiro atoms. The zero-order valence-corrected chi connectivity index (χ0v) is 101. The van der Waals surface area contributed by atoms with Gasteiger partial charge in [0, 0.05) is 28.4 Å². The number of benzene rings is 8. The van der Waals surface area contributed by atoms with E-state index in [1.807, 2.05) is 117 Å². The molecule has 0 aliphatic carbocycles. The van der Waals surface area contributed by atoms with E-state index in [1.165, 1.54) is 136 Å². The topological polar surface area (TPSA) is 225 Å². The van der Waals surface area contributed by atoms with E-state index < -0.39 is 58.3 Å². The number of aldehydes is 2. The van der Waals surface area contributed by atoms with Crippen molar-refractivity contribution in [2.75, 3.05) is 26.4 Å². The summed E-state index contributed by atoms with van der Waals surface area (Å²) in [6.07, 6.45) is 14.9. The van der Waals surface area contributed by atoms with Gasteiger partial charge in [0.25, 0.3) is 0 Å². The molecule has 0 radical (unpaired) electrons. The fourth-order valence-corrected chi connectivity index (χ4v) is 22.5. The average molecular weight is 2470 g/mol. The van der Waals surface area contributed by atoms with Gasteiger partial charge >= 0.3 is 59.8 Å². The summed E-state index contributed by atoms with van der Waals surface area (Å²) in [4.78, 5) is 86.7. The van der Waals surface area contributed by atoms with Gasteiger partial charge in [0.05, 0.1) is 80.2 Å². The number of ether oxygens (including phenoxy) is 7. The van der Waals surface area contributed by atoms with E-state index in [9.17, 15) is 56.9 Å². The van der Waals surface area contributed by atoms with Gasteiger partial charge in [0.2, 0.25) is 0 Å². The molecule has 0 atom stereocenters. The van der Waals surface area contributed by atoms with Crippen LogP contribution in [0, 0.1) is 30.2 Å². The Hall–Kier alpha value is -9.38. The molecular formula is C119H130Br4F4O16S6Zn. The molecule has 0 saturated carbocycles. The van der Waals surface area contributed by atoms with Crippen molar-refractivity contribution in [2.45, 2.75) is 231 Å². The SMILES string of the molecule is C.CC(C)(C)OC(=O)c1ccccc1-c1ccc(Br)c(F)c1.CCCc1cc(C(=O)O)sc1Cc1ccc(-c2ccccc2C(=O)O)cc1F.CCCc1cc(C2OCCO2)sc1Br.CCCc1cc(C2OCCO2)sc1Cc1ccc(-c2ccccc2C(=O)OC(C)(C)C)cc1F.CCCc1cc(C=O)sc1Br.CCCc1ccsc1.CCCc1csc(C=O)c1.[CH2-]c1ccc(-c2ccccc2C(=O)OC(C)(C)C)cc1F.[Zn+][Br]. The van der Waals surface area contributed by atoms with Crippen LogP contribution in [0.2, 0.25) is 0 Å². The number of hydrogen-bond donors (Lipinski definition) is 2. The summed E-state index contributed by atoms with van der Waals surface area (Å²) in [6.45, 7) is 35.4. The molecule has 2 N–H and O–H groups in total. The van der Waals surface area contributed by atoms with Crippen LogP contribution in [-0.2, 0) is 101 Å². The van der Waals surface area contributed by atoms with Gasteiger partial charge in [-0.3, -0.25) is 14.0 Å². The number of carbonyl (C=O) groups is 7. The minimum absolute atomic E-state index is 0. The van der Waals surface area contributed by atoms with Crippen LogP contribution in [0.15, 0.2) is 234 Å². The normalized spacial score (nSPS) is 12.1. The molecule has 8 heterocycles. The Morgan fingerprint density at radius 1 is 0.400 bits per heavy atom. The number of esters is 3. The van der Waals surface area contributed by atoms with Gasteiger partial charge in [-0.05, 0) is 339 Å². The molecule has 14 aromatic rings. The Kier molecular flexibility index (Phi) is 54.5. The van der Waals surface area contributed by atoms with E-state index in [4.69, 9.17) is 33.2 Å². The molecule has 0 unspecified atom stereocenters. The summed E-state index contributed by atoms with van der Waals surface area (Å²) in [6, 6.07) is 59.2. The zero-order chi connectivity index (χ0) is 109. The van der Waals surface area contributed by atoms with E-state index in [-0.39, 0.29) is 42.1 Å². The maximum absolute atomic E-state index is 15.3. The number of halogens is 8. The molecule has 31 heteroatoms. The Labute approximate surface area is 946 Å². The number of rotatable bonds is 29. The molecule has 2 saturated heterocycles. The minimum atomic E-state index is -1.07. The number of thiophene rings is 6. The summed E-state index contributed by atoms with van der Waals surface area (Å²) >= 11 is 23.7. The van der Waals surface area contributed by atoms with Crippen molar-refractivity contribution < 1.29 is 111 Å². The third-order valence-electron chi connectivity index (χ3n) is 21.7. The van der Waals surface area contributed by atoms with Crippen molar-refractivity contribution >= 4 is 172 Å². The van der Waals surface area contributed by atoms with Crippen LogP contribution in [0.4, 0.5) is 17.6 Å². The molecule has 16 rings (SSSR count). The van der Waals surface area contributed by atoms with Crippen LogP contribution in [0.25, 0.3) is 44.5 Å². The Morgan fingerprint density at radius 3 is 1.15 bits per heavy atom. The molecule has 8 aromatic carbocycles. The number of carbonyl (C=O) groups excluding carboxylic acids is 5. The molecular weight excluding hydrogens is 2340 g/mol. The van der Waals surface area contributed by atoms with Gasteiger partial charge in [-0.1, -0.05) is 197 Å². The summed E-state index contributed by atoms with van der Waals surface area (Å²) in [7, 11) is 0. The summed E-state index contributed by atoms with van der Waals surface area (Å²) in [5.41, 5.74) is 13.4. The molecule has 2 fully saturated rings. The molecule has 0 amide bonds. The number of hydrogen-bond acceptors (Lipinski definition) is 20. The fraction of sp³-hybridized carbons (Fsp3) is 0.328. The molecule has 150 heavy (non-hydrogen) atoms. The Bertz CT molecular complexity index is 6560. The van der Waals surface area contributed by atoms with E-state index in [0.717, 1.165) is 104 Å². The standard InChI is InChI=1S/C28H31FO4S.C22H19FO4S.C18H18FO2.C17H16BrFO2.C10H13BrO2S.C8H9BrOS.C8H10OS.C7H10S.CH4.BrH.Zn/c1-5-8-20-17-25(27-31-13-14-32-27)34-24(20)16-19-12-11-18(15-23(19)29)21-9-6-7-10-22(21)26(30)33-28(2,3)4;1-2-5-15-12-20(22(26)27)28-19(15)11-14-9-8-13(10-18(14)23)16-6-3-4-7-17(16)21(24)25;1-12-9-10-13(11-16(12)19)14-7-5-6-8-15(14)17(20)21-18(2,3)4;1-17(2,3)21-16(20)13-7-5-4-6-12(13)11-8-9-14(18)15(19)10-11;1-2-3-7-6-8(14-9(7)11)10-12-4-5-13-10;1-2-3-6-4-7(5-10)11-8(6)9;1-2-3-7-4-8(5-9)10-6-7;1-2-3-7-4-5-8-6-7;;;/h6-7,9-12,15,17,27H,5,8,13-14,16H2,1-4H3;3-4,6-10,12H,2,5,11H2,1H3,(H,24,25)(H,26,27);5-11H,1H2,2-4H3;4-10H,1-3H3;6,10H,2-5H2,1H3;4-5H,2-3H2,1H3;4-6H,2-3H2,1H3;4-6H,2-3H2,1H3;1H4;1H;/q;;-1;;;;;;;;+2/p-1. The number of aromatic carboxylic acids is 2. The van der Waals surface area contributed by atoms with Gasteiger partial charge in [0.15, 0.2) is 25.2 Å². The number of aryl methyl sites for hydroxylation is 6. The first-order valence-corrected chi connectivity index (χ1v) is 63.2. The summed E-state index contributed by atoms with van der Waals surface area (Å²) < 4.78 is 98.7. The van der Waals surface area contributed by atoms with Gasteiger partial charge in [-0.2, -0.15) is 29.9 Å². The number of carboxylic acids is 2. The van der Waals surface area contributed by atoms with E-state index in [2.05, 4.69) is 132 Å². The molecule has 2 aliphatic rings. The molecule has 0 bridgehead atoms. The summed E-state index contributed by atoms with van der Waals surface area (Å²) in [5, 5.41) is 25.0. The van der Waals surface area contributed by atoms with Crippen molar-refractivity contribution in [1.29, 1.82) is 0 Å². The van der Waals surface area contributed by atoms with E-state index in [0.29, 0.717) is 122 Å². The Morgan fingerprint density at radius 2 is 0.767 bits per heavy atom. The Balaban J connectivity index is 0.000000240. The summed E-state index contributed by atoms with van der Waals surface area (Å²) in [5.74, 6) is -4.79. The van der Waals surface area contributed by atoms with Crippen LogP contribution in [0.5, 0.6) is 0 Å². The first-order valence-electron chi connectivity index (χ1n) is 48.8. The van der Waals surface area contributed by atoms with Crippen molar-refractivity contribution in [3.63, 3.8) is 0 Å². The average Bonchev–Trinajstić information content (AvgIpc) is 1.48. The third-order valence-corrected chi connectivity index (χ3v) is 30.3. The monoisotopic (exact) mass is 2460 g/mol.